The molecule has 9 nitrogen and oxygen atoms in total. The van der Waals surface area contributed by atoms with Gasteiger partial charge in [-0.2, -0.15) is 9.57 Å². The maximum absolute atomic E-state index is 13.3. The van der Waals surface area contributed by atoms with Gasteiger partial charge in [-0.3, -0.25) is 4.79 Å². The molecule has 0 bridgehead atoms. The number of hydrogen-bond acceptors (Lipinski definition) is 7. The molecule has 0 aromatic heterocycles. The van der Waals surface area contributed by atoms with Crippen molar-refractivity contribution in [1.82, 2.24) is 4.31 Å². The molecule has 2 aromatic rings. The molecule has 4 rings (SSSR count). The molecular weight excluding hydrogens is 468 g/mol. The molecule has 0 radical (unpaired) electrons. The highest BCUT2D eigenvalue weighted by Gasteiger charge is 2.28. The summed E-state index contributed by atoms with van der Waals surface area (Å²) < 4.78 is 39.3. The van der Waals surface area contributed by atoms with Crippen LogP contribution in [0.2, 0.25) is 0 Å². The first-order valence-corrected chi connectivity index (χ1v) is 13.3. The van der Waals surface area contributed by atoms with Gasteiger partial charge < -0.3 is 19.7 Å². The second kappa shape index (κ2) is 11.1. The monoisotopic (exact) mass is 498 g/mol. The van der Waals surface area contributed by atoms with Crippen LogP contribution in [0.5, 0.6) is 5.75 Å². The lowest BCUT2D eigenvalue weighted by molar-refractivity contribution is -0.122. The van der Waals surface area contributed by atoms with Crippen molar-refractivity contribution in [1.29, 1.82) is 5.26 Å². The number of morpholine rings is 1. The minimum atomic E-state index is -3.67. The van der Waals surface area contributed by atoms with E-state index in [1.54, 1.807) is 43.3 Å². The van der Waals surface area contributed by atoms with E-state index in [0.29, 0.717) is 56.4 Å². The number of benzene rings is 2. The smallest absolute Gasteiger partial charge is 0.265 e. The minimum Gasteiger partial charge on any atom is -0.481 e. The Balaban J connectivity index is 1.59. The molecule has 2 aliphatic rings. The number of ether oxygens (including phenoxy) is 2. The number of anilines is 2. The van der Waals surface area contributed by atoms with Crippen molar-refractivity contribution in [3.63, 3.8) is 0 Å². The van der Waals surface area contributed by atoms with Gasteiger partial charge in [0.15, 0.2) is 6.10 Å². The summed E-state index contributed by atoms with van der Waals surface area (Å²) in [5.41, 5.74) is 1.58. The van der Waals surface area contributed by atoms with E-state index in [4.69, 9.17) is 14.7 Å². The fourth-order valence-electron chi connectivity index (χ4n) is 4.24. The zero-order valence-corrected chi connectivity index (χ0v) is 20.6. The summed E-state index contributed by atoms with van der Waals surface area (Å²) in [6.07, 6.45) is 1.84. The highest BCUT2D eigenvalue weighted by atomic mass is 32.2. The standard InChI is InChI=1S/C25H30N4O5S/c1-19(34-21-7-5-6-20(16-21)18-26)25(30)27-23-17-22(35(31,32)29-10-3-2-4-11-29)8-9-24(23)28-12-14-33-15-13-28/h5-9,16-17,19H,2-4,10-15H2,1H3,(H,27,30). The Morgan fingerprint density at radius 3 is 2.54 bits per heavy atom. The summed E-state index contributed by atoms with van der Waals surface area (Å²) in [4.78, 5) is 15.3. The number of hydrogen-bond donors (Lipinski definition) is 1. The summed E-state index contributed by atoms with van der Waals surface area (Å²) in [6.45, 7) is 4.98. The molecule has 2 aromatic carbocycles. The quantitative estimate of drug-likeness (QED) is 0.625. The second-order valence-electron chi connectivity index (χ2n) is 8.63. The van der Waals surface area contributed by atoms with E-state index in [9.17, 15) is 13.2 Å². The Morgan fingerprint density at radius 2 is 1.83 bits per heavy atom. The molecule has 2 fully saturated rings. The van der Waals surface area contributed by atoms with Crippen molar-refractivity contribution < 1.29 is 22.7 Å². The van der Waals surface area contributed by atoms with E-state index in [-0.39, 0.29) is 4.90 Å². The molecule has 1 N–H and O–H groups in total. The normalized spacial score (nSPS) is 17.9. The molecule has 0 saturated carbocycles. The molecule has 35 heavy (non-hydrogen) atoms. The van der Waals surface area contributed by atoms with Crippen molar-refractivity contribution in [3.8, 4) is 11.8 Å². The highest BCUT2D eigenvalue weighted by molar-refractivity contribution is 7.89. The first-order chi connectivity index (χ1) is 16.9. The summed E-state index contributed by atoms with van der Waals surface area (Å²) in [5.74, 6) is -0.0177. The molecule has 2 saturated heterocycles. The van der Waals surface area contributed by atoms with Crippen LogP contribution >= 0.6 is 0 Å². The Hall–Kier alpha value is -3.13. The van der Waals surface area contributed by atoms with E-state index < -0.39 is 22.0 Å². The van der Waals surface area contributed by atoms with Gasteiger partial charge in [-0.15, -0.1) is 0 Å². The summed E-state index contributed by atoms with van der Waals surface area (Å²) >= 11 is 0. The first kappa shape index (κ1) is 25.0. The van der Waals surface area contributed by atoms with Crippen molar-refractivity contribution in [2.75, 3.05) is 49.6 Å². The molecule has 1 unspecified atom stereocenters. The van der Waals surface area contributed by atoms with Gasteiger partial charge >= 0.3 is 0 Å². The molecule has 0 aliphatic carbocycles. The SMILES string of the molecule is CC(Oc1cccc(C#N)c1)C(=O)Nc1cc(S(=O)(=O)N2CCCCC2)ccc1N1CCOCC1. The number of piperidine rings is 1. The maximum Gasteiger partial charge on any atom is 0.265 e. The molecule has 2 aliphatic heterocycles. The lowest BCUT2D eigenvalue weighted by Gasteiger charge is -2.31. The average molecular weight is 499 g/mol. The number of nitrogens with one attached hydrogen (secondary N) is 1. The van der Waals surface area contributed by atoms with Crippen LogP contribution in [0.4, 0.5) is 11.4 Å². The van der Waals surface area contributed by atoms with Gasteiger partial charge in [-0.1, -0.05) is 12.5 Å². The molecule has 2 heterocycles. The zero-order chi connectivity index (χ0) is 24.8. The number of nitriles is 1. The summed E-state index contributed by atoms with van der Waals surface area (Å²) in [6, 6.07) is 13.5. The van der Waals surface area contributed by atoms with E-state index >= 15 is 0 Å². The van der Waals surface area contributed by atoms with E-state index in [0.717, 1.165) is 24.9 Å². The lowest BCUT2D eigenvalue weighted by Crippen LogP contribution is -2.38. The van der Waals surface area contributed by atoms with Crippen LogP contribution in [-0.2, 0) is 19.6 Å². The van der Waals surface area contributed by atoms with Gasteiger partial charge in [0.25, 0.3) is 5.91 Å². The third kappa shape index (κ3) is 5.93. The van der Waals surface area contributed by atoms with Crippen LogP contribution < -0.4 is 15.0 Å². The molecule has 186 valence electrons. The number of sulfonamides is 1. The Labute approximate surface area is 206 Å². The third-order valence-corrected chi connectivity index (χ3v) is 8.07. The number of nitrogens with zero attached hydrogens (tertiary/aromatic N) is 3. The van der Waals surface area contributed by atoms with E-state index in [1.807, 2.05) is 6.07 Å². The van der Waals surface area contributed by atoms with Crippen LogP contribution in [0.1, 0.15) is 31.7 Å². The Morgan fingerprint density at radius 1 is 1.09 bits per heavy atom. The molecule has 10 heteroatoms. The van der Waals surface area contributed by atoms with Crippen molar-refractivity contribution in [2.24, 2.45) is 0 Å². The molecule has 0 spiro atoms. The predicted molar refractivity (Wildman–Crippen MR) is 132 cm³/mol. The lowest BCUT2D eigenvalue weighted by atomic mass is 10.2. The molecular formula is C25H30N4O5S. The van der Waals surface area contributed by atoms with Gasteiger partial charge in [-0.05, 0) is 56.2 Å². The first-order valence-electron chi connectivity index (χ1n) is 11.8. The van der Waals surface area contributed by atoms with Gasteiger partial charge in [0.05, 0.1) is 41.1 Å². The number of carbonyl (C=O) groups is 1. The van der Waals surface area contributed by atoms with Crippen LogP contribution in [0.15, 0.2) is 47.4 Å². The van der Waals surface area contributed by atoms with Crippen LogP contribution in [-0.4, -0.2) is 64.1 Å². The Bertz CT molecular complexity index is 1200. The fourth-order valence-corrected chi connectivity index (χ4v) is 5.78. The van der Waals surface area contributed by atoms with Crippen LogP contribution in [0.3, 0.4) is 0 Å². The average Bonchev–Trinajstić information content (AvgIpc) is 2.89. The van der Waals surface area contributed by atoms with Crippen LogP contribution in [0, 0.1) is 11.3 Å². The number of amides is 1. The van der Waals surface area contributed by atoms with Crippen molar-refractivity contribution in [2.45, 2.75) is 37.2 Å². The van der Waals surface area contributed by atoms with Gasteiger partial charge in [0.2, 0.25) is 10.0 Å². The third-order valence-electron chi connectivity index (χ3n) is 6.18. The fraction of sp³-hybridized carbons (Fsp3) is 0.440. The summed E-state index contributed by atoms with van der Waals surface area (Å²) in [5, 5.41) is 12.0. The Kier molecular flexibility index (Phi) is 7.90. The summed E-state index contributed by atoms with van der Waals surface area (Å²) in [7, 11) is -3.67. The molecule has 1 atom stereocenters. The van der Waals surface area contributed by atoms with Crippen molar-refractivity contribution in [3.05, 3.63) is 48.0 Å². The minimum absolute atomic E-state index is 0.155. The topological polar surface area (TPSA) is 112 Å². The number of rotatable bonds is 7. The number of carbonyl (C=O) groups excluding carboxylic acids is 1. The largest absolute Gasteiger partial charge is 0.481 e. The van der Waals surface area contributed by atoms with E-state index in [1.165, 1.54) is 10.4 Å². The van der Waals surface area contributed by atoms with Crippen molar-refractivity contribution >= 4 is 27.3 Å². The maximum atomic E-state index is 13.3. The molecule has 1 amide bonds. The van der Waals surface area contributed by atoms with Gasteiger partial charge in [-0.25, -0.2) is 8.42 Å². The second-order valence-corrected chi connectivity index (χ2v) is 10.6. The van der Waals surface area contributed by atoms with E-state index in [2.05, 4.69) is 10.2 Å². The highest BCUT2D eigenvalue weighted by Crippen LogP contribution is 2.32. The predicted octanol–water partition coefficient (Wildman–Crippen LogP) is 2.98. The van der Waals surface area contributed by atoms with Gasteiger partial charge in [0.1, 0.15) is 5.75 Å². The zero-order valence-electron chi connectivity index (χ0n) is 19.8. The van der Waals surface area contributed by atoms with Crippen LogP contribution in [0.25, 0.3) is 0 Å². The van der Waals surface area contributed by atoms with Gasteiger partial charge in [0, 0.05) is 26.2 Å².